The average Bonchev–Trinajstić information content (AvgIpc) is 3.28. The molecule has 4 heterocycles. The third-order valence-corrected chi connectivity index (χ3v) is 4.69. The van der Waals surface area contributed by atoms with Gasteiger partial charge >= 0.3 is 11.9 Å². The number of carbonyl (C=O) groups is 2. The summed E-state index contributed by atoms with van der Waals surface area (Å²) in [6, 6.07) is 3.26. The maximum Gasteiger partial charge on any atom is 0.339 e. The van der Waals surface area contributed by atoms with Gasteiger partial charge in [0.2, 0.25) is 0 Å². The van der Waals surface area contributed by atoms with Gasteiger partial charge in [-0.1, -0.05) is 10.3 Å². The molecule has 0 atom stereocenters. The normalized spacial score (nSPS) is 11.2. The molecule has 0 spiro atoms. The van der Waals surface area contributed by atoms with Crippen LogP contribution in [0.15, 0.2) is 21.2 Å². The zero-order valence-electron chi connectivity index (χ0n) is 17.5. The number of aryl methyl sites for hydroxylation is 4. The molecule has 0 aromatic carbocycles. The van der Waals surface area contributed by atoms with Crippen molar-refractivity contribution in [2.24, 2.45) is 0 Å². The Morgan fingerprint density at radius 2 is 1.19 bits per heavy atom. The minimum atomic E-state index is -0.514. The zero-order valence-corrected chi connectivity index (χ0v) is 17.5. The second-order valence-electron chi connectivity index (χ2n) is 7.14. The molecule has 160 valence electrons. The lowest BCUT2D eigenvalue weighted by Gasteiger charge is -2.08. The summed E-state index contributed by atoms with van der Waals surface area (Å²) in [5, 5.41) is 8.76. The SMILES string of the molecule is Cc1cc(C(=O)OCCCOC(=O)c2cc(C)nc3onc(C)c23)c2c(C)noc2n1. The van der Waals surface area contributed by atoms with Crippen molar-refractivity contribution in [3.8, 4) is 0 Å². The number of aromatic nitrogens is 4. The summed E-state index contributed by atoms with van der Waals surface area (Å²) in [4.78, 5) is 33.5. The molecule has 0 fully saturated rings. The van der Waals surface area contributed by atoms with Gasteiger partial charge in [0.15, 0.2) is 0 Å². The zero-order chi connectivity index (χ0) is 22.1. The summed E-state index contributed by atoms with van der Waals surface area (Å²) in [6.07, 6.45) is 0.336. The minimum Gasteiger partial charge on any atom is -0.462 e. The molecule has 4 rings (SSSR count). The van der Waals surface area contributed by atoms with E-state index < -0.39 is 11.9 Å². The molecule has 31 heavy (non-hydrogen) atoms. The van der Waals surface area contributed by atoms with E-state index in [-0.39, 0.29) is 13.2 Å². The number of esters is 2. The number of hydrogen-bond donors (Lipinski definition) is 0. The summed E-state index contributed by atoms with van der Waals surface area (Å²) >= 11 is 0. The summed E-state index contributed by atoms with van der Waals surface area (Å²) in [5.41, 5.74) is 3.63. The van der Waals surface area contributed by atoms with Gasteiger partial charge in [-0.25, -0.2) is 19.6 Å². The first kappa shape index (κ1) is 20.5. The van der Waals surface area contributed by atoms with Crippen LogP contribution in [0.1, 0.15) is 49.9 Å². The van der Waals surface area contributed by atoms with E-state index in [0.717, 1.165) is 0 Å². The van der Waals surface area contributed by atoms with E-state index in [2.05, 4.69) is 20.3 Å². The van der Waals surface area contributed by atoms with Gasteiger partial charge in [0.05, 0.1) is 46.5 Å². The molecule has 0 radical (unpaired) electrons. The van der Waals surface area contributed by atoms with Gasteiger partial charge in [-0.05, 0) is 39.8 Å². The second-order valence-corrected chi connectivity index (χ2v) is 7.14. The molecule has 0 aliphatic rings. The molecule has 0 N–H and O–H groups in total. The van der Waals surface area contributed by atoms with Crippen LogP contribution in [-0.4, -0.2) is 45.4 Å². The van der Waals surface area contributed by atoms with Crippen LogP contribution in [0, 0.1) is 27.7 Å². The van der Waals surface area contributed by atoms with E-state index in [1.54, 1.807) is 39.8 Å². The molecular weight excluding hydrogens is 404 g/mol. The predicted molar refractivity (Wildman–Crippen MR) is 108 cm³/mol. The Kier molecular flexibility index (Phi) is 5.37. The lowest BCUT2D eigenvalue weighted by Crippen LogP contribution is -2.12. The molecule has 4 aromatic heterocycles. The Morgan fingerprint density at radius 3 is 1.61 bits per heavy atom. The number of carbonyl (C=O) groups excluding carboxylic acids is 2. The smallest absolute Gasteiger partial charge is 0.339 e. The Morgan fingerprint density at radius 1 is 0.774 bits per heavy atom. The van der Waals surface area contributed by atoms with E-state index in [1.165, 1.54) is 0 Å². The Hall–Kier alpha value is -3.82. The summed E-state index contributed by atoms with van der Waals surface area (Å²) in [7, 11) is 0. The number of fused-ring (bicyclic) bond motifs is 2. The molecular formula is C21H20N4O6. The third-order valence-electron chi connectivity index (χ3n) is 4.69. The van der Waals surface area contributed by atoms with Crippen LogP contribution in [-0.2, 0) is 9.47 Å². The topological polar surface area (TPSA) is 130 Å². The maximum absolute atomic E-state index is 12.5. The van der Waals surface area contributed by atoms with Crippen molar-refractivity contribution in [1.82, 2.24) is 20.3 Å². The van der Waals surface area contributed by atoms with E-state index in [4.69, 9.17) is 18.5 Å². The van der Waals surface area contributed by atoms with Gasteiger partial charge in [0, 0.05) is 17.8 Å². The Labute approximate surface area is 176 Å². The molecule has 10 heteroatoms. The fourth-order valence-electron chi connectivity index (χ4n) is 3.30. The van der Waals surface area contributed by atoms with Crippen molar-refractivity contribution in [3.05, 3.63) is 46.0 Å². The molecule has 0 aliphatic carbocycles. The fraction of sp³-hybridized carbons (Fsp3) is 0.333. The highest BCUT2D eigenvalue weighted by atomic mass is 16.5. The van der Waals surface area contributed by atoms with Gasteiger partial charge in [0.1, 0.15) is 0 Å². The van der Waals surface area contributed by atoms with Crippen LogP contribution < -0.4 is 0 Å². The van der Waals surface area contributed by atoms with E-state index in [0.29, 0.717) is 62.5 Å². The second kappa shape index (κ2) is 8.13. The van der Waals surface area contributed by atoms with Gasteiger partial charge in [-0.2, -0.15) is 0 Å². The number of pyridine rings is 2. The standard InChI is InChI=1S/C21H20N4O6/c1-10-8-14(16-12(3)24-30-18(16)22-10)20(26)28-6-5-7-29-21(27)15-9-11(2)23-19-17(15)13(4)25-31-19/h8-9H,5-7H2,1-4H3. The van der Waals surface area contributed by atoms with Gasteiger partial charge < -0.3 is 18.5 Å². The van der Waals surface area contributed by atoms with Crippen LogP contribution in [0.4, 0.5) is 0 Å². The minimum absolute atomic E-state index is 0.0797. The highest BCUT2D eigenvalue weighted by Crippen LogP contribution is 2.24. The molecule has 0 amide bonds. The summed E-state index contributed by atoms with van der Waals surface area (Å²) < 4.78 is 20.9. The van der Waals surface area contributed by atoms with Crippen molar-refractivity contribution >= 4 is 34.1 Å². The Balaban J connectivity index is 1.35. The van der Waals surface area contributed by atoms with E-state index in [1.807, 2.05) is 0 Å². The maximum atomic E-state index is 12.5. The van der Waals surface area contributed by atoms with Crippen molar-refractivity contribution in [2.75, 3.05) is 13.2 Å². The quantitative estimate of drug-likeness (QED) is 0.335. The monoisotopic (exact) mass is 424 g/mol. The van der Waals surface area contributed by atoms with Crippen molar-refractivity contribution < 1.29 is 28.1 Å². The molecule has 10 nitrogen and oxygen atoms in total. The highest BCUT2D eigenvalue weighted by molar-refractivity contribution is 6.04. The van der Waals surface area contributed by atoms with Crippen molar-refractivity contribution in [3.63, 3.8) is 0 Å². The lowest BCUT2D eigenvalue weighted by molar-refractivity contribution is 0.0398. The number of hydrogen-bond acceptors (Lipinski definition) is 10. The molecule has 0 unspecified atom stereocenters. The van der Waals surface area contributed by atoms with Crippen LogP contribution in [0.5, 0.6) is 0 Å². The number of rotatable bonds is 6. The molecule has 0 saturated heterocycles. The highest BCUT2D eigenvalue weighted by Gasteiger charge is 2.20. The Bertz CT molecular complexity index is 1210. The first-order chi connectivity index (χ1) is 14.8. The van der Waals surface area contributed by atoms with Gasteiger partial charge in [0.25, 0.3) is 11.4 Å². The van der Waals surface area contributed by atoms with E-state index >= 15 is 0 Å². The fourth-order valence-corrected chi connectivity index (χ4v) is 3.30. The molecule has 0 aliphatic heterocycles. The molecule has 0 bridgehead atoms. The molecule has 0 saturated carbocycles. The number of nitrogens with zero attached hydrogens (tertiary/aromatic N) is 4. The van der Waals surface area contributed by atoms with E-state index in [9.17, 15) is 9.59 Å². The summed E-state index contributed by atoms with van der Waals surface area (Å²) in [5.74, 6) is -1.03. The van der Waals surface area contributed by atoms with Crippen LogP contribution in [0.2, 0.25) is 0 Å². The predicted octanol–water partition coefficient (Wildman–Crippen LogP) is 3.40. The molecule has 4 aromatic rings. The first-order valence-corrected chi connectivity index (χ1v) is 9.66. The van der Waals surface area contributed by atoms with Crippen molar-refractivity contribution in [1.29, 1.82) is 0 Å². The van der Waals surface area contributed by atoms with Crippen molar-refractivity contribution in [2.45, 2.75) is 34.1 Å². The van der Waals surface area contributed by atoms with Crippen LogP contribution in [0.25, 0.3) is 22.2 Å². The van der Waals surface area contributed by atoms with Crippen LogP contribution >= 0.6 is 0 Å². The summed E-state index contributed by atoms with van der Waals surface area (Å²) in [6.45, 7) is 7.13. The lowest BCUT2D eigenvalue weighted by atomic mass is 10.1. The van der Waals surface area contributed by atoms with Crippen LogP contribution in [0.3, 0.4) is 0 Å². The first-order valence-electron chi connectivity index (χ1n) is 9.66. The number of ether oxygens (including phenoxy) is 2. The largest absolute Gasteiger partial charge is 0.462 e. The van der Waals surface area contributed by atoms with Gasteiger partial charge in [-0.15, -0.1) is 0 Å². The van der Waals surface area contributed by atoms with Gasteiger partial charge in [-0.3, -0.25) is 0 Å². The average molecular weight is 424 g/mol. The third kappa shape index (κ3) is 3.96.